The van der Waals surface area contributed by atoms with Crippen LogP contribution in [0.3, 0.4) is 0 Å². The topological polar surface area (TPSA) is 35.2 Å². The van der Waals surface area contributed by atoms with Gasteiger partial charge in [0.2, 0.25) is 0 Å². The lowest BCUT2D eigenvalue weighted by Gasteiger charge is -2.10. The van der Waals surface area contributed by atoms with Crippen molar-refractivity contribution in [3.8, 4) is 5.75 Å². The zero-order valence-electron chi connectivity index (χ0n) is 8.09. The van der Waals surface area contributed by atoms with Gasteiger partial charge in [0.1, 0.15) is 5.75 Å². The molecule has 0 aliphatic rings. The van der Waals surface area contributed by atoms with Gasteiger partial charge in [0.15, 0.2) is 0 Å². The third-order valence-electron chi connectivity index (χ3n) is 1.68. The number of benzene rings is 1. The van der Waals surface area contributed by atoms with Crippen LogP contribution in [0.4, 0.5) is 18.9 Å². The van der Waals surface area contributed by atoms with Crippen LogP contribution in [-0.2, 0) is 0 Å². The molecule has 2 N–H and O–H groups in total. The standard InChI is InChI=1S/C10H9BrF3NO/c11-5-1-2-7-3-4-8(6-9(7)15)16-10(12,13)14/h1-4,6H,5,15H2. The van der Waals surface area contributed by atoms with E-state index in [0.717, 1.165) is 6.07 Å². The van der Waals surface area contributed by atoms with Crippen LogP contribution in [0.25, 0.3) is 6.08 Å². The molecule has 0 amide bonds. The molecule has 0 aliphatic carbocycles. The van der Waals surface area contributed by atoms with Crippen LogP contribution in [0.15, 0.2) is 24.3 Å². The summed E-state index contributed by atoms with van der Waals surface area (Å²) in [6, 6.07) is 3.83. The Labute approximate surface area is 99.0 Å². The van der Waals surface area contributed by atoms with Crippen molar-refractivity contribution in [3.63, 3.8) is 0 Å². The summed E-state index contributed by atoms with van der Waals surface area (Å²) in [4.78, 5) is 0. The Balaban J connectivity index is 2.87. The Hall–Kier alpha value is -1.17. The first-order valence-electron chi connectivity index (χ1n) is 4.30. The molecule has 0 fully saturated rings. The van der Waals surface area contributed by atoms with Gasteiger partial charge in [0.05, 0.1) is 0 Å². The number of nitrogen functional groups attached to an aromatic ring is 1. The van der Waals surface area contributed by atoms with Gasteiger partial charge in [-0.2, -0.15) is 0 Å². The van der Waals surface area contributed by atoms with Gasteiger partial charge in [-0.25, -0.2) is 0 Å². The van der Waals surface area contributed by atoms with E-state index < -0.39 is 6.36 Å². The van der Waals surface area contributed by atoms with Crippen molar-refractivity contribution >= 4 is 27.7 Å². The lowest BCUT2D eigenvalue weighted by Crippen LogP contribution is -2.17. The van der Waals surface area contributed by atoms with Crippen molar-refractivity contribution in [1.29, 1.82) is 0 Å². The molecule has 1 aromatic carbocycles. The van der Waals surface area contributed by atoms with Gasteiger partial charge in [-0.15, -0.1) is 13.2 Å². The maximum atomic E-state index is 11.9. The highest BCUT2D eigenvalue weighted by atomic mass is 79.9. The molecule has 2 nitrogen and oxygen atoms in total. The van der Waals surface area contributed by atoms with E-state index in [1.54, 1.807) is 12.2 Å². The fraction of sp³-hybridized carbons (Fsp3) is 0.200. The monoisotopic (exact) mass is 295 g/mol. The number of hydrogen-bond acceptors (Lipinski definition) is 2. The number of anilines is 1. The van der Waals surface area contributed by atoms with Crippen LogP contribution in [0.2, 0.25) is 0 Å². The summed E-state index contributed by atoms with van der Waals surface area (Å²) in [5, 5.41) is 0.646. The summed E-state index contributed by atoms with van der Waals surface area (Å²) in [6.45, 7) is 0. The van der Waals surface area contributed by atoms with Crippen molar-refractivity contribution in [3.05, 3.63) is 29.8 Å². The minimum atomic E-state index is -4.69. The summed E-state index contributed by atoms with van der Waals surface area (Å²) in [5.74, 6) is -0.319. The van der Waals surface area contributed by atoms with Gasteiger partial charge in [0, 0.05) is 17.1 Å². The molecule has 0 aliphatic heterocycles. The Morgan fingerprint density at radius 1 is 1.38 bits per heavy atom. The molecule has 0 saturated carbocycles. The molecule has 88 valence electrons. The molecule has 16 heavy (non-hydrogen) atoms. The summed E-state index contributed by atoms with van der Waals surface area (Å²) in [6.07, 6.45) is -1.20. The van der Waals surface area contributed by atoms with Crippen LogP contribution in [-0.4, -0.2) is 11.7 Å². The SMILES string of the molecule is Nc1cc(OC(F)(F)F)ccc1C=CCBr. The zero-order chi connectivity index (χ0) is 12.2. The predicted molar refractivity (Wildman–Crippen MR) is 60.4 cm³/mol. The number of hydrogen-bond donors (Lipinski definition) is 1. The van der Waals surface area contributed by atoms with Crippen LogP contribution in [0, 0.1) is 0 Å². The Kier molecular flexibility index (Phi) is 4.23. The lowest BCUT2D eigenvalue weighted by atomic mass is 10.1. The van der Waals surface area contributed by atoms with Crippen LogP contribution in [0.1, 0.15) is 5.56 Å². The van der Waals surface area contributed by atoms with Gasteiger partial charge in [-0.3, -0.25) is 0 Å². The van der Waals surface area contributed by atoms with Gasteiger partial charge >= 0.3 is 6.36 Å². The minimum absolute atomic E-state index is 0.235. The van der Waals surface area contributed by atoms with E-state index >= 15 is 0 Å². The average Bonchev–Trinajstić information content (AvgIpc) is 2.14. The van der Waals surface area contributed by atoms with Crippen molar-refractivity contribution in [1.82, 2.24) is 0 Å². The molecule has 0 aromatic heterocycles. The van der Waals surface area contributed by atoms with Crippen LogP contribution in [0.5, 0.6) is 5.75 Å². The molecule has 0 spiro atoms. The molecule has 0 unspecified atom stereocenters. The normalized spacial score (nSPS) is 12.0. The lowest BCUT2D eigenvalue weighted by molar-refractivity contribution is -0.274. The molecule has 0 heterocycles. The van der Waals surface area contributed by atoms with Crippen LogP contribution >= 0.6 is 15.9 Å². The number of nitrogens with two attached hydrogens (primary N) is 1. The Morgan fingerprint density at radius 3 is 2.56 bits per heavy atom. The second-order valence-corrected chi connectivity index (χ2v) is 3.54. The number of alkyl halides is 4. The van der Waals surface area contributed by atoms with E-state index in [9.17, 15) is 13.2 Å². The summed E-state index contributed by atoms with van der Waals surface area (Å²) < 4.78 is 39.4. The summed E-state index contributed by atoms with van der Waals surface area (Å²) >= 11 is 3.18. The van der Waals surface area contributed by atoms with Crippen molar-refractivity contribution in [2.45, 2.75) is 6.36 Å². The fourth-order valence-electron chi connectivity index (χ4n) is 1.07. The third kappa shape index (κ3) is 4.14. The fourth-order valence-corrected chi connectivity index (χ4v) is 1.26. The second-order valence-electron chi connectivity index (χ2n) is 2.90. The average molecular weight is 296 g/mol. The molecule has 0 radical (unpaired) electrons. The first-order chi connectivity index (χ1) is 7.42. The van der Waals surface area contributed by atoms with Gasteiger partial charge in [0.25, 0.3) is 0 Å². The predicted octanol–water partition coefficient (Wildman–Crippen LogP) is 3.58. The van der Waals surface area contributed by atoms with E-state index in [1.165, 1.54) is 12.1 Å². The Morgan fingerprint density at radius 2 is 2.06 bits per heavy atom. The van der Waals surface area contributed by atoms with Crippen molar-refractivity contribution < 1.29 is 17.9 Å². The first-order valence-corrected chi connectivity index (χ1v) is 5.42. The summed E-state index contributed by atoms with van der Waals surface area (Å²) in [5.41, 5.74) is 6.45. The maximum Gasteiger partial charge on any atom is 0.573 e. The van der Waals surface area contributed by atoms with E-state index in [4.69, 9.17) is 5.73 Å². The highest BCUT2D eigenvalue weighted by Crippen LogP contribution is 2.26. The van der Waals surface area contributed by atoms with Crippen molar-refractivity contribution in [2.75, 3.05) is 11.1 Å². The quantitative estimate of drug-likeness (QED) is 0.683. The molecule has 0 saturated heterocycles. The van der Waals surface area contributed by atoms with Gasteiger partial charge in [-0.1, -0.05) is 28.1 Å². The smallest absolute Gasteiger partial charge is 0.406 e. The first kappa shape index (κ1) is 12.9. The number of ether oxygens (including phenoxy) is 1. The molecule has 6 heteroatoms. The number of halogens is 4. The maximum absolute atomic E-state index is 11.9. The van der Waals surface area contributed by atoms with E-state index in [1.807, 2.05) is 0 Å². The Bertz CT molecular complexity index is 390. The molecule has 0 bridgehead atoms. The highest BCUT2D eigenvalue weighted by molar-refractivity contribution is 9.09. The number of rotatable bonds is 3. The molecular formula is C10H9BrF3NO. The van der Waals surface area contributed by atoms with E-state index in [0.29, 0.717) is 10.9 Å². The minimum Gasteiger partial charge on any atom is -0.406 e. The zero-order valence-corrected chi connectivity index (χ0v) is 9.68. The molecule has 1 aromatic rings. The van der Waals surface area contributed by atoms with Gasteiger partial charge < -0.3 is 10.5 Å². The van der Waals surface area contributed by atoms with Gasteiger partial charge in [-0.05, 0) is 17.7 Å². The van der Waals surface area contributed by atoms with Crippen molar-refractivity contribution in [2.24, 2.45) is 0 Å². The second kappa shape index (κ2) is 5.25. The highest BCUT2D eigenvalue weighted by Gasteiger charge is 2.31. The molecular weight excluding hydrogens is 287 g/mol. The molecule has 1 rings (SSSR count). The largest absolute Gasteiger partial charge is 0.573 e. The molecule has 0 atom stereocenters. The summed E-state index contributed by atoms with van der Waals surface area (Å²) in [7, 11) is 0. The third-order valence-corrected chi connectivity index (χ3v) is 2.05. The van der Waals surface area contributed by atoms with E-state index in [-0.39, 0.29) is 11.4 Å². The van der Waals surface area contributed by atoms with Crippen LogP contribution < -0.4 is 10.5 Å². The van der Waals surface area contributed by atoms with E-state index in [2.05, 4.69) is 20.7 Å². The number of allylic oxidation sites excluding steroid dienone is 1.